The standard InChI is InChI=1S/C24H28N2O4S2/c1-17-12-14-26(15-13-17)24(31)32-16-21(27)30-22(18-6-4-3-5-7-18)23(28)25-19-8-10-20(29-2)11-9-19/h3-11,17,22H,12-16H2,1-2H3,(H,25,28). The summed E-state index contributed by atoms with van der Waals surface area (Å²) in [5, 5.41) is 2.81. The van der Waals surface area contributed by atoms with Gasteiger partial charge in [-0.15, -0.1) is 0 Å². The topological polar surface area (TPSA) is 67.9 Å². The summed E-state index contributed by atoms with van der Waals surface area (Å²) in [7, 11) is 1.58. The lowest BCUT2D eigenvalue weighted by Gasteiger charge is -2.31. The molecule has 6 nitrogen and oxygen atoms in total. The second-order valence-corrected chi connectivity index (χ2v) is 9.33. The van der Waals surface area contributed by atoms with E-state index in [0.29, 0.717) is 27.2 Å². The van der Waals surface area contributed by atoms with E-state index in [1.807, 2.05) is 6.07 Å². The molecule has 2 aromatic rings. The maximum atomic E-state index is 13.0. The largest absolute Gasteiger partial charge is 0.497 e. The Balaban J connectivity index is 1.60. The first-order valence-electron chi connectivity index (χ1n) is 10.6. The molecule has 1 atom stereocenters. The molecule has 0 aliphatic carbocycles. The van der Waals surface area contributed by atoms with Crippen LogP contribution in [-0.4, -0.2) is 47.0 Å². The first-order chi connectivity index (χ1) is 15.5. The zero-order valence-corrected chi connectivity index (χ0v) is 19.9. The number of carbonyl (C=O) groups excluding carboxylic acids is 2. The highest BCUT2D eigenvalue weighted by Gasteiger charge is 2.26. The van der Waals surface area contributed by atoms with Gasteiger partial charge in [-0.05, 0) is 43.0 Å². The van der Waals surface area contributed by atoms with E-state index in [-0.39, 0.29) is 5.75 Å². The Bertz CT molecular complexity index is 913. The summed E-state index contributed by atoms with van der Waals surface area (Å²) < 4.78 is 11.4. The number of ether oxygens (including phenoxy) is 2. The second-order valence-electron chi connectivity index (χ2n) is 7.72. The van der Waals surface area contributed by atoms with E-state index in [2.05, 4.69) is 17.1 Å². The number of benzene rings is 2. The summed E-state index contributed by atoms with van der Waals surface area (Å²) in [6, 6.07) is 15.9. The molecule has 3 rings (SSSR count). The molecular weight excluding hydrogens is 444 g/mol. The SMILES string of the molecule is COc1ccc(NC(=O)C(OC(=O)CSC(=S)N2CCC(C)CC2)c2ccccc2)cc1. The van der Waals surface area contributed by atoms with Crippen LogP contribution in [0, 0.1) is 5.92 Å². The molecule has 1 heterocycles. The van der Waals surface area contributed by atoms with E-state index < -0.39 is 18.0 Å². The highest BCUT2D eigenvalue weighted by molar-refractivity contribution is 8.23. The summed E-state index contributed by atoms with van der Waals surface area (Å²) in [5.74, 6) is 0.545. The van der Waals surface area contributed by atoms with Crippen molar-refractivity contribution in [1.29, 1.82) is 0 Å². The van der Waals surface area contributed by atoms with Crippen molar-refractivity contribution in [1.82, 2.24) is 4.90 Å². The summed E-state index contributed by atoms with van der Waals surface area (Å²) in [5.41, 5.74) is 1.19. The maximum absolute atomic E-state index is 13.0. The Kier molecular flexibility index (Phi) is 8.93. The predicted molar refractivity (Wildman–Crippen MR) is 132 cm³/mol. The first kappa shape index (κ1) is 24.1. The Morgan fingerprint density at radius 1 is 1.12 bits per heavy atom. The second kappa shape index (κ2) is 11.9. The van der Waals surface area contributed by atoms with Gasteiger partial charge in [-0.2, -0.15) is 0 Å². The molecule has 1 aliphatic heterocycles. The van der Waals surface area contributed by atoms with E-state index >= 15 is 0 Å². The lowest BCUT2D eigenvalue weighted by Crippen LogP contribution is -2.36. The highest BCUT2D eigenvalue weighted by Crippen LogP contribution is 2.24. The number of esters is 1. The van der Waals surface area contributed by atoms with Crippen molar-refractivity contribution in [2.75, 3.05) is 31.3 Å². The summed E-state index contributed by atoms with van der Waals surface area (Å²) in [6.07, 6.45) is 1.15. The molecule has 1 aliphatic rings. The van der Waals surface area contributed by atoms with Crippen LogP contribution in [-0.2, 0) is 14.3 Å². The maximum Gasteiger partial charge on any atom is 0.317 e. The van der Waals surface area contributed by atoms with Crippen molar-refractivity contribution in [2.45, 2.75) is 25.9 Å². The fourth-order valence-electron chi connectivity index (χ4n) is 3.35. The number of carbonyl (C=O) groups is 2. The van der Waals surface area contributed by atoms with Gasteiger partial charge in [0.05, 0.1) is 12.9 Å². The molecule has 1 saturated heterocycles. The number of nitrogens with zero attached hydrogens (tertiary/aromatic N) is 1. The zero-order valence-electron chi connectivity index (χ0n) is 18.3. The molecule has 8 heteroatoms. The van der Waals surface area contributed by atoms with Crippen LogP contribution in [0.5, 0.6) is 5.75 Å². The van der Waals surface area contributed by atoms with Crippen LogP contribution in [0.4, 0.5) is 5.69 Å². The van der Waals surface area contributed by atoms with E-state index in [1.165, 1.54) is 11.8 Å². The molecule has 0 bridgehead atoms. The number of rotatable bonds is 7. The number of likely N-dealkylation sites (tertiary alicyclic amines) is 1. The summed E-state index contributed by atoms with van der Waals surface area (Å²) in [6.45, 7) is 4.07. The Hall–Kier alpha value is -2.58. The smallest absolute Gasteiger partial charge is 0.317 e. The average Bonchev–Trinajstić information content (AvgIpc) is 2.82. The minimum atomic E-state index is -1.06. The van der Waals surface area contributed by atoms with Crippen LogP contribution in [0.25, 0.3) is 0 Å². The van der Waals surface area contributed by atoms with E-state index in [1.54, 1.807) is 55.6 Å². The van der Waals surface area contributed by atoms with Crippen LogP contribution >= 0.6 is 24.0 Å². The lowest BCUT2D eigenvalue weighted by atomic mass is 10.00. The Morgan fingerprint density at radius 3 is 2.41 bits per heavy atom. The zero-order chi connectivity index (χ0) is 22.9. The number of nitrogens with one attached hydrogen (secondary N) is 1. The number of hydrogen-bond acceptors (Lipinski definition) is 6. The minimum Gasteiger partial charge on any atom is -0.497 e. The van der Waals surface area contributed by atoms with Gasteiger partial charge in [-0.25, -0.2) is 0 Å². The Labute approximate surface area is 198 Å². The number of amides is 1. The number of hydrogen-bond donors (Lipinski definition) is 1. The van der Waals surface area contributed by atoms with Crippen molar-refractivity contribution in [3.8, 4) is 5.75 Å². The fourth-order valence-corrected chi connectivity index (χ4v) is 4.39. The van der Waals surface area contributed by atoms with Crippen LogP contribution < -0.4 is 10.1 Å². The van der Waals surface area contributed by atoms with Crippen molar-refractivity contribution < 1.29 is 19.1 Å². The van der Waals surface area contributed by atoms with Crippen molar-refractivity contribution in [3.63, 3.8) is 0 Å². The number of methoxy groups -OCH3 is 1. The fraction of sp³-hybridized carbons (Fsp3) is 0.375. The number of piperidine rings is 1. The van der Waals surface area contributed by atoms with Gasteiger partial charge in [0.2, 0.25) is 6.10 Å². The number of anilines is 1. The number of thiocarbonyl (C=S) groups is 1. The predicted octanol–water partition coefficient (Wildman–Crippen LogP) is 4.67. The molecule has 1 unspecified atom stereocenters. The third-order valence-electron chi connectivity index (χ3n) is 5.30. The lowest BCUT2D eigenvalue weighted by molar-refractivity contribution is -0.152. The monoisotopic (exact) mass is 472 g/mol. The van der Waals surface area contributed by atoms with Crippen molar-refractivity contribution >= 4 is 45.9 Å². The van der Waals surface area contributed by atoms with E-state index in [9.17, 15) is 9.59 Å². The van der Waals surface area contributed by atoms with Crippen LogP contribution in [0.3, 0.4) is 0 Å². The summed E-state index contributed by atoms with van der Waals surface area (Å²) >= 11 is 6.77. The molecule has 1 fully saturated rings. The number of thioether (sulfide) groups is 1. The van der Waals surface area contributed by atoms with Crippen LogP contribution in [0.1, 0.15) is 31.4 Å². The van der Waals surface area contributed by atoms with Gasteiger partial charge < -0.3 is 19.7 Å². The minimum absolute atomic E-state index is 0.0596. The molecule has 32 heavy (non-hydrogen) atoms. The third-order valence-corrected chi connectivity index (χ3v) is 6.80. The van der Waals surface area contributed by atoms with Crippen LogP contribution in [0.2, 0.25) is 0 Å². The summed E-state index contributed by atoms with van der Waals surface area (Å²) in [4.78, 5) is 27.7. The molecule has 170 valence electrons. The normalized spacial score (nSPS) is 15.0. The van der Waals surface area contributed by atoms with E-state index in [0.717, 1.165) is 25.9 Å². The molecule has 2 aromatic carbocycles. The molecule has 0 radical (unpaired) electrons. The highest BCUT2D eigenvalue weighted by atomic mass is 32.2. The van der Waals surface area contributed by atoms with Gasteiger partial charge in [0, 0.05) is 24.3 Å². The molecular formula is C24H28N2O4S2. The van der Waals surface area contributed by atoms with Gasteiger partial charge in [0.1, 0.15) is 10.1 Å². The Morgan fingerprint density at radius 2 is 1.78 bits per heavy atom. The molecule has 1 amide bonds. The quantitative estimate of drug-likeness (QED) is 0.464. The van der Waals surface area contributed by atoms with Gasteiger partial charge in [-0.3, -0.25) is 9.59 Å². The molecule has 0 saturated carbocycles. The van der Waals surface area contributed by atoms with E-state index in [4.69, 9.17) is 21.7 Å². The van der Waals surface area contributed by atoms with Gasteiger partial charge in [-0.1, -0.05) is 61.2 Å². The molecule has 1 N–H and O–H groups in total. The molecule has 0 spiro atoms. The third kappa shape index (κ3) is 6.97. The van der Waals surface area contributed by atoms with Gasteiger partial charge in [0.15, 0.2) is 0 Å². The van der Waals surface area contributed by atoms with Gasteiger partial charge in [0.25, 0.3) is 5.91 Å². The van der Waals surface area contributed by atoms with Crippen LogP contribution in [0.15, 0.2) is 54.6 Å². The van der Waals surface area contributed by atoms with Crippen molar-refractivity contribution in [3.05, 3.63) is 60.2 Å². The molecule has 0 aromatic heterocycles. The average molecular weight is 473 g/mol. The first-order valence-corrected chi connectivity index (χ1v) is 12.0. The van der Waals surface area contributed by atoms with Crippen molar-refractivity contribution in [2.24, 2.45) is 5.92 Å². The van der Waals surface area contributed by atoms with Gasteiger partial charge >= 0.3 is 5.97 Å².